The molecular formula is C24H44Al2O34S3. The Bertz CT molecular complexity index is 1450. The smallest absolute Gasteiger partial charge is 0.759 e. The molecule has 39 heteroatoms. The molecular weight excluding hydrogens is 982 g/mol. The zero-order valence-electron chi connectivity index (χ0n) is 31.4. The van der Waals surface area contributed by atoms with Crippen molar-refractivity contribution in [3.8, 4) is 0 Å². The van der Waals surface area contributed by atoms with E-state index in [4.69, 9.17) is 101 Å². The Morgan fingerprint density at radius 3 is 0.794 bits per heavy atom. The summed E-state index contributed by atoms with van der Waals surface area (Å²) in [7, 11) is -15.5. The molecule has 18 atom stereocenters. The first kappa shape index (κ1) is 67.1. The molecule has 4 saturated heterocycles. The molecule has 63 heavy (non-hydrogen) atoms. The van der Waals surface area contributed by atoms with E-state index in [1.165, 1.54) is 0 Å². The molecule has 0 radical (unpaired) electrons. The summed E-state index contributed by atoms with van der Waals surface area (Å²) in [4.78, 5) is 0. The van der Waals surface area contributed by atoms with Crippen molar-refractivity contribution < 1.29 is 163 Å². The molecule has 0 aromatic heterocycles. The Hall–Kier alpha value is -0.205. The Labute approximate surface area is 376 Å². The summed E-state index contributed by atoms with van der Waals surface area (Å²) < 4.78 is 133. The molecule has 0 aromatic rings. The van der Waals surface area contributed by atoms with Crippen molar-refractivity contribution in [2.45, 2.75) is 110 Å². The number of hydrogen-bond acceptors (Lipinski definition) is 34. The maximum Gasteiger partial charge on any atom is 3.00 e. The van der Waals surface area contributed by atoms with E-state index in [1.54, 1.807) is 0 Å². The van der Waals surface area contributed by atoms with Gasteiger partial charge in [0.1, 0.15) is 98.7 Å². The minimum absolute atomic E-state index is 0. The van der Waals surface area contributed by atoms with Crippen LogP contribution in [0.25, 0.3) is 0 Å². The van der Waals surface area contributed by atoms with E-state index < -0.39 is 180 Å². The van der Waals surface area contributed by atoms with Gasteiger partial charge in [0, 0.05) is 31.2 Å². The molecule has 0 saturated carbocycles. The van der Waals surface area contributed by atoms with Crippen LogP contribution in [0.3, 0.4) is 0 Å². The van der Waals surface area contributed by atoms with Crippen molar-refractivity contribution in [3.63, 3.8) is 0 Å². The summed E-state index contributed by atoms with van der Waals surface area (Å²) >= 11 is 0. The van der Waals surface area contributed by atoms with E-state index in [2.05, 4.69) is 0 Å². The molecule has 368 valence electrons. The third-order valence-corrected chi connectivity index (χ3v) is 8.14. The van der Waals surface area contributed by atoms with Gasteiger partial charge < -0.3 is 137 Å². The van der Waals surface area contributed by atoms with Gasteiger partial charge in [0.05, 0.1) is 26.4 Å². The van der Waals surface area contributed by atoms with E-state index in [-0.39, 0.29) is 34.7 Å². The molecule has 0 unspecified atom stereocenters. The molecule has 4 aliphatic rings. The van der Waals surface area contributed by atoms with Gasteiger partial charge >= 0.3 is 34.7 Å². The fourth-order valence-corrected chi connectivity index (χ4v) is 5.26. The van der Waals surface area contributed by atoms with Gasteiger partial charge in [-0.1, -0.05) is 0 Å². The first-order chi connectivity index (χ1) is 27.6. The van der Waals surface area contributed by atoms with Crippen molar-refractivity contribution in [2.75, 3.05) is 39.6 Å². The largest absolute Gasteiger partial charge is 3.00 e. The number of hydrogen-bond donors (Lipinski definition) is 16. The summed E-state index contributed by atoms with van der Waals surface area (Å²) in [5, 5.41) is 153. The second kappa shape index (κ2) is 28.3. The Morgan fingerprint density at radius 2 is 0.619 bits per heavy atom. The van der Waals surface area contributed by atoms with Crippen LogP contribution in [0.2, 0.25) is 0 Å². The van der Waals surface area contributed by atoms with Crippen molar-refractivity contribution in [3.05, 3.63) is 0 Å². The van der Waals surface area contributed by atoms with E-state index in [1.807, 2.05) is 0 Å². The first-order valence-corrected chi connectivity index (χ1v) is 20.1. The van der Waals surface area contributed by atoms with Crippen molar-refractivity contribution >= 4 is 65.9 Å². The molecule has 4 fully saturated rings. The second-order valence-corrected chi connectivity index (χ2v) is 14.8. The van der Waals surface area contributed by atoms with E-state index in [0.29, 0.717) is 0 Å². The fourth-order valence-electron chi connectivity index (χ4n) is 5.26. The summed E-state index contributed by atoms with van der Waals surface area (Å²) in [6.45, 7) is -4.64. The minimum atomic E-state index is -5.17. The van der Waals surface area contributed by atoms with Crippen LogP contribution < -0.4 is 0 Å². The topological polar surface area (TPSA) is 620 Å². The summed E-state index contributed by atoms with van der Waals surface area (Å²) in [5.74, 6) is -4.44. The minimum Gasteiger partial charge on any atom is -0.759 e. The third kappa shape index (κ3) is 21.3. The maximum atomic E-state index is 10.00. The monoisotopic (exact) mass is 1030 g/mol. The molecule has 0 aliphatic carbocycles. The van der Waals surface area contributed by atoms with Crippen molar-refractivity contribution in [1.82, 2.24) is 0 Å². The van der Waals surface area contributed by atoms with E-state index in [0.717, 1.165) is 0 Å². The van der Waals surface area contributed by atoms with Gasteiger partial charge in [0.25, 0.3) is 0 Å². The van der Waals surface area contributed by atoms with Gasteiger partial charge in [-0.3, -0.25) is 25.3 Å². The molecule has 4 rings (SSSR count). The number of ether oxygens (including phenoxy) is 6. The zero-order chi connectivity index (χ0) is 48.2. The quantitative estimate of drug-likeness (QED) is 0.0549. The van der Waals surface area contributed by atoms with E-state index >= 15 is 0 Å². The molecule has 0 aromatic carbocycles. The Morgan fingerprint density at radius 1 is 0.397 bits per heavy atom. The van der Waals surface area contributed by atoms with Gasteiger partial charge in [0.2, 0.25) is 11.6 Å². The second-order valence-electron chi connectivity index (χ2n) is 12.3. The molecule has 4 heterocycles. The van der Waals surface area contributed by atoms with Gasteiger partial charge in [0.15, 0.2) is 12.6 Å². The first-order valence-electron chi connectivity index (χ1n) is 16.1. The average molecular weight is 1030 g/mol. The van der Waals surface area contributed by atoms with Gasteiger partial charge in [-0.05, 0) is 0 Å². The van der Waals surface area contributed by atoms with Gasteiger partial charge in [-0.25, -0.2) is 0 Å². The third-order valence-electron chi connectivity index (χ3n) is 8.14. The summed E-state index contributed by atoms with van der Waals surface area (Å²) in [6, 6.07) is 0. The van der Waals surface area contributed by atoms with Crippen LogP contribution >= 0.6 is 0 Å². The standard InChI is InChI=1S/2C12H22O11.2Al.3H2O4S/c2*13-1-4-6(16)8(18)9(19)11(21-4)23-12(3-15)10(20)7(17)5(2-14)22-12;;;3*1-5(2,3)4/h2*4-11,13-20H,1-3H2;;;3*(H2,1,2,3,4)/q;;2*+3;;;/p-6/t2*4-,5-,6-,7-,8+,9-,10+,11-,12+;;;;;/m11...../s1. The SMILES string of the molecule is O=S(=O)([O-])[O-].O=S(=O)([O-])[O-].O=S(=O)([O-])[O-].OC[C@H]1O[C@@](CO)(O[C@H]2O[C@H](CO)[C@@H](O)[C@H](O)[C@H]2O)[C@@H](O)[C@@H]1O.OC[C@H]1O[C@@](CO)(O[C@H]2O[C@H](CO)[C@@H](O)[C@H](O)[C@H]2O)[C@@H](O)[C@@H]1O.[Al+3].[Al+3]. The van der Waals surface area contributed by atoms with Gasteiger partial charge in [-0.15, -0.1) is 0 Å². The molecule has 4 aliphatic heterocycles. The molecule has 0 amide bonds. The normalized spacial score (nSPS) is 40.1. The Balaban J connectivity index is -0.000000844. The summed E-state index contributed by atoms with van der Waals surface area (Å²) in [5.41, 5.74) is 0. The predicted molar refractivity (Wildman–Crippen MR) is 180 cm³/mol. The van der Waals surface area contributed by atoms with Crippen LogP contribution in [0, 0.1) is 0 Å². The van der Waals surface area contributed by atoms with Crippen LogP contribution in [0.5, 0.6) is 0 Å². The fraction of sp³-hybridized carbons (Fsp3) is 1.00. The van der Waals surface area contributed by atoms with Crippen LogP contribution in [0.4, 0.5) is 0 Å². The van der Waals surface area contributed by atoms with Gasteiger partial charge in [-0.2, -0.15) is 0 Å². The summed E-state index contributed by atoms with van der Waals surface area (Å²) in [6.07, 6.45) is -25.3. The molecule has 34 nitrogen and oxygen atoms in total. The van der Waals surface area contributed by atoms with E-state index in [9.17, 15) is 61.3 Å². The van der Waals surface area contributed by atoms with Crippen LogP contribution in [-0.2, 0) is 59.6 Å². The number of rotatable bonds is 10. The molecule has 0 bridgehead atoms. The Kier molecular flexibility index (Phi) is 30.2. The molecule has 16 N–H and O–H groups in total. The average Bonchev–Trinajstić information content (AvgIpc) is 3.53. The van der Waals surface area contributed by atoms with Crippen LogP contribution in [-0.4, -0.2) is 318 Å². The van der Waals surface area contributed by atoms with Crippen LogP contribution in [0.1, 0.15) is 0 Å². The van der Waals surface area contributed by atoms with Crippen molar-refractivity contribution in [2.24, 2.45) is 0 Å². The number of aliphatic hydroxyl groups is 16. The van der Waals surface area contributed by atoms with Crippen LogP contribution in [0.15, 0.2) is 0 Å². The maximum absolute atomic E-state index is 10.00. The zero-order valence-corrected chi connectivity index (χ0v) is 36.1. The number of aliphatic hydroxyl groups excluding tert-OH is 16. The van der Waals surface area contributed by atoms with Crippen molar-refractivity contribution in [1.29, 1.82) is 0 Å². The predicted octanol–water partition coefficient (Wildman–Crippen LogP) is -15.6. The molecule has 0 spiro atoms.